The van der Waals surface area contributed by atoms with Crippen molar-refractivity contribution in [3.8, 4) is 0 Å². The predicted molar refractivity (Wildman–Crippen MR) is 90.6 cm³/mol. The van der Waals surface area contributed by atoms with E-state index in [0.717, 1.165) is 11.4 Å². The molecular weight excluding hydrogens is 290 g/mol. The first-order valence-corrected chi connectivity index (χ1v) is 7.84. The van der Waals surface area contributed by atoms with Crippen LogP contribution in [-0.2, 0) is 4.79 Å². The molecule has 5 heteroatoms. The summed E-state index contributed by atoms with van der Waals surface area (Å²) in [5, 5.41) is 6.96. The number of hydrazone groups is 1. The van der Waals surface area contributed by atoms with E-state index in [4.69, 9.17) is 4.42 Å². The number of carbonyl (C=O) groups excluding carboxylic acids is 1. The van der Waals surface area contributed by atoms with Crippen molar-refractivity contribution >= 4 is 17.8 Å². The number of benzene rings is 1. The molecule has 0 aliphatic heterocycles. The molecular formula is C18H21N3O2. The summed E-state index contributed by atoms with van der Waals surface area (Å²) in [5.41, 5.74) is 4.57. The van der Waals surface area contributed by atoms with Gasteiger partial charge in [-0.15, -0.1) is 0 Å². The molecule has 2 aromatic rings. The molecule has 5 nitrogen and oxygen atoms in total. The second-order valence-electron chi connectivity index (χ2n) is 6.07. The molecule has 1 aliphatic carbocycles. The fourth-order valence-electron chi connectivity index (χ4n) is 2.42. The lowest BCUT2D eigenvalue weighted by atomic mass is 10.2. The summed E-state index contributed by atoms with van der Waals surface area (Å²) in [6, 6.07) is 11.7. The first-order valence-electron chi connectivity index (χ1n) is 7.84. The smallest absolute Gasteiger partial charge is 0.259 e. The van der Waals surface area contributed by atoms with E-state index in [0.29, 0.717) is 17.6 Å². The van der Waals surface area contributed by atoms with Gasteiger partial charge in [-0.1, -0.05) is 24.6 Å². The van der Waals surface area contributed by atoms with Crippen molar-refractivity contribution in [1.82, 2.24) is 5.43 Å². The number of rotatable bonds is 6. The fraction of sp³-hybridized carbons (Fsp3) is 0.333. The molecule has 2 N–H and O–H groups in total. The zero-order chi connectivity index (χ0) is 16.2. The highest BCUT2D eigenvalue weighted by atomic mass is 16.3. The maximum absolute atomic E-state index is 11.7. The van der Waals surface area contributed by atoms with Gasteiger partial charge in [-0.25, -0.2) is 5.43 Å². The molecule has 0 unspecified atom stereocenters. The van der Waals surface area contributed by atoms with Crippen molar-refractivity contribution in [2.75, 3.05) is 11.9 Å². The number of aryl methyl sites for hydroxylation is 1. The maximum atomic E-state index is 11.7. The van der Waals surface area contributed by atoms with Crippen molar-refractivity contribution in [3.63, 3.8) is 0 Å². The standard InChI is InChI=1S/C18H21N3O2/c1-12-3-5-14(6-4-12)19-11-18(22)21-20-10-15-7-8-17(23-15)16-9-13(16)2/h3-8,10,13,16,19H,9,11H2,1-2H3,(H,21,22)/b20-10-/t13-,16+/m1/s1. The number of anilines is 1. The van der Waals surface area contributed by atoms with Crippen LogP contribution in [0.1, 0.15) is 36.3 Å². The number of amides is 1. The third-order valence-electron chi connectivity index (χ3n) is 4.01. The highest BCUT2D eigenvalue weighted by Gasteiger charge is 2.36. The van der Waals surface area contributed by atoms with Gasteiger partial charge in [0, 0.05) is 11.6 Å². The van der Waals surface area contributed by atoms with E-state index in [1.165, 1.54) is 18.2 Å². The molecule has 0 spiro atoms. The largest absolute Gasteiger partial charge is 0.460 e. The minimum Gasteiger partial charge on any atom is -0.460 e. The van der Waals surface area contributed by atoms with Crippen LogP contribution in [0.5, 0.6) is 0 Å². The molecule has 3 rings (SSSR count). The van der Waals surface area contributed by atoms with Crippen LogP contribution in [0.2, 0.25) is 0 Å². The third-order valence-corrected chi connectivity index (χ3v) is 4.01. The molecule has 0 saturated heterocycles. The molecule has 1 heterocycles. The highest BCUT2D eigenvalue weighted by Crippen LogP contribution is 2.47. The lowest BCUT2D eigenvalue weighted by Gasteiger charge is -2.05. The number of nitrogens with one attached hydrogen (secondary N) is 2. The van der Waals surface area contributed by atoms with Crippen LogP contribution in [-0.4, -0.2) is 18.7 Å². The first kappa shape index (κ1) is 15.3. The molecule has 23 heavy (non-hydrogen) atoms. The Hall–Kier alpha value is -2.56. The van der Waals surface area contributed by atoms with E-state index in [1.807, 2.05) is 43.3 Å². The minimum atomic E-state index is -0.204. The van der Waals surface area contributed by atoms with Crippen LogP contribution in [0.3, 0.4) is 0 Å². The summed E-state index contributed by atoms with van der Waals surface area (Å²) in [4.78, 5) is 11.7. The van der Waals surface area contributed by atoms with Crippen molar-refractivity contribution in [2.45, 2.75) is 26.2 Å². The van der Waals surface area contributed by atoms with Gasteiger partial charge in [0.05, 0.1) is 12.8 Å². The van der Waals surface area contributed by atoms with Gasteiger partial charge in [0.1, 0.15) is 11.5 Å². The average molecular weight is 311 g/mol. The third kappa shape index (κ3) is 4.22. The van der Waals surface area contributed by atoms with Gasteiger partial charge in [-0.2, -0.15) is 5.10 Å². The summed E-state index contributed by atoms with van der Waals surface area (Å²) >= 11 is 0. The van der Waals surface area contributed by atoms with E-state index < -0.39 is 0 Å². The zero-order valence-corrected chi connectivity index (χ0v) is 13.4. The zero-order valence-electron chi connectivity index (χ0n) is 13.4. The Morgan fingerprint density at radius 1 is 1.30 bits per heavy atom. The van der Waals surface area contributed by atoms with Gasteiger partial charge in [0.25, 0.3) is 5.91 Å². The molecule has 1 fully saturated rings. The summed E-state index contributed by atoms with van der Waals surface area (Å²) in [5.74, 6) is 2.71. The normalized spacial score (nSPS) is 19.7. The maximum Gasteiger partial charge on any atom is 0.259 e. The molecule has 1 aromatic carbocycles. The van der Waals surface area contributed by atoms with Gasteiger partial charge in [0.15, 0.2) is 0 Å². The minimum absolute atomic E-state index is 0.170. The van der Waals surface area contributed by atoms with E-state index >= 15 is 0 Å². The average Bonchev–Trinajstić information content (AvgIpc) is 3.08. The molecule has 0 radical (unpaired) electrons. The topological polar surface area (TPSA) is 66.6 Å². The van der Waals surface area contributed by atoms with Crippen LogP contribution in [0.15, 0.2) is 45.9 Å². The Balaban J connectivity index is 1.43. The first-order chi connectivity index (χ1) is 11.1. The van der Waals surface area contributed by atoms with E-state index in [-0.39, 0.29) is 12.5 Å². The second-order valence-corrected chi connectivity index (χ2v) is 6.07. The predicted octanol–water partition coefficient (Wildman–Crippen LogP) is 3.27. The lowest BCUT2D eigenvalue weighted by molar-refractivity contribution is -0.119. The van der Waals surface area contributed by atoms with Gasteiger partial charge in [-0.3, -0.25) is 4.79 Å². The Morgan fingerprint density at radius 3 is 2.74 bits per heavy atom. The molecule has 1 aliphatic rings. The molecule has 0 bridgehead atoms. The van der Waals surface area contributed by atoms with Crippen LogP contribution in [0.25, 0.3) is 0 Å². The molecule has 1 aromatic heterocycles. The van der Waals surface area contributed by atoms with E-state index in [2.05, 4.69) is 22.8 Å². The van der Waals surface area contributed by atoms with Crippen molar-refractivity contribution in [2.24, 2.45) is 11.0 Å². The van der Waals surface area contributed by atoms with Crippen molar-refractivity contribution in [1.29, 1.82) is 0 Å². The van der Waals surface area contributed by atoms with Crippen molar-refractivity contribution in [3.05, 3.63) is 53.5 Å². The number of furan rings is 1. The number of hydrogen-bond acceptors (Lipinski definition) is 4. The Labute approximate surface area is 135 Å². The van der Waals surface area contributed by atoms with Crippen molar-refractivity contribution < 1.29 is 9.21 Å². The van der Waals surface area contributed by atoms with Crippen LogP contribution < -0.4 is 10.7 Å². The Kier molecular flexibility index (Phi) is 4.46. The quantitative estimate of drug-likeness (QED) is 0.635. The molecule has 1 saturated carbocycles. The van der Waals surface area contributed by atoms with E-state index in [1.54, 1.807) is 0 Å². The molecule has 1 amide bonds. The Morgan fingerprint density at radius 2 is 2.04 bits per heavy atom. The SMILES string of the molecule is Cc1ccc(NCC(=O)N/N=C\c2ccc([C@H]3C[C@H]3C)o2)cc1. The second kappa shape index (κ2) is 6.69. The number of carbonyl (C=O) groups is 1. The summed E-state index contributed by atoms with van der Waals surface area (Å²) in [7, 11) is 0. The van der Waals surface area contributed by atoms with Gasteiger partial charge < -0.3 is 9.73 Å². The Bertz CT molecular complexity index is 703. The summed E-state index contributed by atoms with van der Waals surface area (Å²) in [6.45, 7) is 4.40. The summed E-state index contributed by atoms with van der Waals surface area (Å²) < 4.78 is 5.68. The highest BCUT2D eigenvalue weighted by molar-refractivity contribution is 5.83. The fourth-order valence-corrected chi connectivity index (χ4v) is 2.42. The van der Waals surface area contributed by atoms with Gasteiger partial charge >= 0.3 is 0 Å². The number of hydrogen-bond donors (Lipinski definition) is 2. The summed E-state index contributed by atoms with van der Waals surface area (Å²) in [6.07, 6.45) is 2.71. The molecule has 120 valence electrons. The van der Waals surface area contributed by atoms with Crippen LogP contribution in [0, 0.1) is 12.8 Å². The molecule has 2 atom stereocenters. The lowest BCUT2D eigenvalue weighted by Crippen LogP contribution is -2.25. The van der Waals surface area contributed by atoms with Crippen LogP contribution >= 0.6 is 0 Å². The van der Waals surface area contributed by atoms with Gasteiger partial charge in [-0.05, 0) is 43.5 Å². The van der Waals surface area contributed by atoms with E-state index in [9.17, 15) is 4.79 Å². The monoisotopic (exact) mass is 311 g/mol. The number of nitrogens with zero attached hydrogens (tertiary/aromatic N) is 1. The van der Waals surface area contributed by atoms with Gasteiger partial charge in [0.2, 0.25) is 0 Å². The van der Waals surface area contributed by atoms with Crippen LogP contribution in [0.4, 0.5) is 5.69 Å².